The molecule has 0 saturated heterocycles. The molecule has 15 heavy (non-hydrogen) atoms. The number of halogens is 3. The van der Waals surface area contributed by atoms with E-state index in [1.807, 2.05) is 0 Å². The molecule has 0 aromatic heterocycles. The first-order valence-corrected chi connectivity index (χ1v) is 3.91. The summed E-state index contributed by atoms with van der Waals surface area (Å²) in [6.07, 6.45) is -5.85. The molecular formula is C9H7F3O3. The van der Waals surface area contributed by atoms with E-state index >= 15 is 0 Å². The molecule has 0 saturated carbocycles. The summed E-state index contributed by atoms with van der Waals surface area (Å²) in [5.74, 6) is -2.76. The highest BCUT2D eigenvalue weighted by Gasteiger charge is 2.38. The normalized spacial score (nSPS) is 11.4. The van der Waals surface area contributed by atoms with Crippen LogP contribution in [0.15, 0.2) is 18.2 Å². The number of hydrogen-bond acceptors (Lipinski definition) is 3. The van der Waals surface area contributed by atoms with Crippen LogP contribution in [-0.4, -0.2) is 22.2 Å². The second-order valence-electron chi connectivity index (χ2n) is 2.91. The van der Waals surface area contributed by atoms with Crippen molar-refractivity contribution in [2.24, 2.45) is 0 Å². The number of aromatic hydroxyl groups is 2. The van der Waals surface area contributed by atoms with Gasteiger partial charge in [-0.25, -0.2) is 0 Å². The summed E-state index contributed by atoms with van der Waals surface area (Å²) < 4.78 is 35.6. The summed E-state index contributed by atoms with van der Waals surface area (Å²) in [4.78, 5) is 10.6. The van der Waals surface area contributed by atoms with Gasteiger partial charge in [0.2, 0.25) is 5.78 Å². The van der Waals surface area contributed by atoms with E-state index in [2.05, 4.69) is 0 Å². The van der Waals surface area contributed by atoms with Crippen LogP contribution in [0.2, 0.25) is 0 Å². The molecule has 2 N–H and O–H groups in total. The molecule has 0 aliphatic rings. The third-order valence-electron chi connectivity index (χ3n) is 1.74. The summed E-state index contributed by atoms with van der Waals surface area (Å²) in [5, 5.41) is 18.0. The van der Waals surface area contributed by atoms with E-state index < -0.39 is 24.1 Å². The minimum absolute atomic E-state index is 0.171. The Morgan fingerprint density at radius 2 is 1.87 bits per heavy atom. The molecule has 3 nitrogen and oxygen atoms in total. The summed E-state index contributed by atoms with van der Waals surface area (Å²) in [7, 11) is 0. The summed E-state index contributed by atoms with van der Waals surface area (Å²) in [5.41, 5.74) is -0.171. The fraction of sp³-hybridized carbons (Fsp3) is 0.222. The van der Waals surface area contributed by atoms with Gasteiger partial charge in [-0.1, -0.05) is 6.07 Å². The van der Waals surface area contributed by atoms with Crippen LogP contribution >= 0.6 is 0 Å². The Kier molecular flexibility index (Phi) is 2.88. The number of Topliss-reactive ketones (excluding diaryl/α,β-unsaturated/α-hetero) is 1. The largest absolute Gasteiger partial charge is 0.508 e. The Labute approximate surface area is 82.8 Å². The van der Waals surface area contributed by atoms with Crippen molar-refractivity contribution in [2.45, 2.75) is 12.6 Å². The van der Waals surface area contributed by atoms with Crippen LogP contribution in [0.4, 0.5) is 13.2 Å². The molecule has 1 aromatic carbocycles. The smallest absolute Gasteiger partial charge is 0.450 e. The Morgan fingerprint density at radius 1 is 1.27 bits per heavy atom. The van der Waals surface area contributed by atoms with E-state index in [9.17, 15) is 18.0 Å². The Morgan fingerprint density at radius 3 is 2.33 bits per heavy atom. The number of benzene rings is 1. The van der Waals surface area contributed by atoms with Crippen LogP contribution in [0.25, 0.3) is 0 Å². The number of ketones is 1. The van der Waals surface area contributed by atoms with Crippen LogP contribution < -0.4 is 0 Å². The van der Waals surface area contributed by atoms with E-state index in [4.69, 9.17) is 10.2 Å². The number of rotatable bonds is 2. The maximum absolute atomic E-state index is 11.9. The van der Waals surface area contributed by atoms with Crippen molar-refractivity contribution in [1.29, 1.82) is 0 Å². The maximum Gasteiger partial charge on any atom is 0.450 e. The van der Waals surface area contributed by atoms with Crippen molar-refractivity contribution in [2.75, 3.05) is 0 Å². The molecule has 0 atom stereocenters. The molecule has 0 radical (unpaired) electrons. The van der Waals surface area contributed by atoms with Gasteiger partial charge < -0.3 is 10.2 Å². The monoisotopic (exact) mass is 220 g/mol. The lowest BCUT2D eigenvalue weighted by atomic mass is 10.1. The van der Waals surface area contributed by atoms with Crippen molar-refractivity contribution < 1.29 is 28.2 Å². The van der Waals surface area contributed by atoms with Gasteiger partial charge in [0.25, 0.3) is 0 Å². The van der Waals surface area contributed by atoms with Gasteiger partial charge in [-0.2, -0.15) is 13.2 Å². The topological polar surface area (TPSA) is 57.5 Å². The van der Waals surface area contributed by atoms with Crippen molar-refractivity contribution in [3.8, 4) is 11.5 Å². The molecule has 0 aliphatic carbocycles. The SMILES string of the molecule is O=C(Cc1ccc(O)cc1O)C(F)(F)F. The van der Waals surface area contributed by atoms with E-state index in [1.165, 1.54) is 0 Å². The van der Waals surface area contributed by atoms with Crippen LogP contribution in [0, 0.1) is 0 Å². The van der Waals surface area contributed by atoms with Gasteiger partial charge in [-0.05, 0) is 6.07 Å². The fourth-order valence-electron chi connectivity index (χ4n) is 0.975. The van der Waals surface area contributed by atoms with Gasteiger partial charge in [0, 0.05) is 18.1 Å². The molecule has 0 heterocycles. The van der Waals surface area contributed by atoms with E-state index in [-0.39, 0.29) is 11.3 Å². The molecular weight excluding hydrogens is 213 g/mol. The third-order valence-corrected chi connectivity index (χ3v) is 1.74. The van der Waals surface area contributed by atoms with Crippen LogP contribution in [0.3, 0.4) is 0 Å². The molecule has 82 valence electrons. The molecule has 0 fully saturated rings. The Bertz CT molecular complexity index is 385. The zero-order valence-corrected chi connectivity index (χ0v) is 7.38. The number of phenols is 2. The minimum atomic E-state index is -4.91. The Balaban J connectivity index is 2.87. The first-order chi connectivity index (χ1) is 6.80. The molecule has 6 heteroatoms. The molecule has 0 aliphatic heterocycles. The zero-order valence-electron chi connectivity index (χ0n) is 7.38. The van der Waals surface area contributed by atoms with E-state index in [0.717, 1.165) is 18.2 Å². The van der Waals surface area contributed by atoms with Crippen LogP contribution in [-0.2, 0) is 11.2 Å². The predicted octanol–water partition coefficient (Wildman–Crippen LogP) is 1.77. The molecule has 1 rings (SSSR count). The highest BCUT2D eigenvalue weighted by Crippen LogP contribution is 2.26. The lowest BCUT2D eigenvalue weighted by Crippen LogP contribution is -2.24. The predicted molar refractivity (Wildman–Crippen MR) is 44.5 cm³/mol. The molecule has 0 bridgehead atoms. The minimum Gasteiger partial charge on any atom is -0.508 e. The first-order valence-electron chi connectivity index (χ1n) is 3.91. The second-order valence-corrected chi connectivity index (χ2v) is 2.91. The number of carbonyl (C=O) groups excluding carboxylic acids is 1. The molecule has 0 amide bonds. The zero-order chi connectivity index (χ0) is 11.6. The van der Waals surface area contributed by atoms with Crippen molar-refractivity contribution >= 4 is 5.78 Å². The number of carbonyl (C=O) groups is 1. The average Bonchev–Trinajstić information content (AvgIpc) is 2.08. The van der Waals surface area contributed by atoms with Gasteiger partial charge in [-0.3, -0.25) is 4.79 Å². The van der Waals surface area contributed by atoms with Crippen molar-refractivity contribution in [1.82, 2.24) is 0 Å². The molecule has 0 unspecified atom stereocenters. The molecule has 0 spiro atoms. The van der Waals surface area contributed by atoms with Gasteiger partial charge in [0.05, 0.1) is 0 Å². The highest BCUT2D eigenvalue weighted by molar-refractivity contribution is 5.86. The number of phenolic OH excluding ortho intramolecular Hbond substituents is 2. The van der Waals surface area contributed by atoms with Gasteiger partial charge in [-0.15, -0.1) is 0 Å². The maximum atomic E-state index is 11.9. The summed E-state index contributed by atoms with van der Waals surface area (Å²) in [6.45, 7) is 0. The van der Waals surface area contributed by atoms with Gasteiger partial charge in [0.15, 0.2) is 0 Å². The number of hydrogen-bond donors (Lipinski definition) is 2. The number of alkyl halides is 3. The second kappa shape index (κ2) is 3.80. The van der Waals surface area contributed by atoms with Gasteiger partial charge >= 0.3 is 6.18 Å². The van der Waals surface area contributed by atoms with E-state index in [1.54, 1.807) is 0 Å². The quantitative estimate of drug-likeness (QED) is 0.798. The highest BCUT2D eigenvalue weighted by atomic mass is 19.4. The van der Waals surface area contributed by atoms with Crippen LogP contribution in [0.5, 0.6) is 11.5 Å². The summed E-state index contributed by atoms with van der Waals surface area (Å²) >= 11 is 0. The Hall–Kier alpha value is -1.72. The molecule has 1 aromatic rings. The van der Waals surface area contributed by atoms with Crippen molar-refractivity contribution in [3.05, 3.63) is 23.8 Å². The van der Waals surface area contributed by atoms with Gasteiger partial charge in [0.1, 0.15) is 11.5 Å². The fourth-order valence-corrected chi connectivity index (χ4v) is 0.975. The standard InChI is InChI=1S/C9H7F3O3/c10-9(11,12)8(15)3-5-1-2-6(13)4-7(5)14/h1-2,4,13-14H,3H2. The van der Waals surface area contributed by atoms with Crippen LogP contribution in [0.1, 0.15) is 5.56 Å². The third kappa shape index (κ3) is 2.87. The first kappa shape index (κ1) is 11.4. The average molecular weight is 220 g/mol. The lowest BCUT2D eigenvalue weighted by molar-refractivity contribution is -0.170. The van der Waals surface area contributed by atoms with Crippen molar-refractivity contribution in [3.63, 3.8) is 0 Å². The summed E-state index contributed by atoms with van der Waals surface area (Å²) in [6, 6.07) is 3.03. The lowest BCUT2D eigenvalue weighted by Gasteiger charge is -2.06. The van der Waals surface area contributed by atoms with E-state index in [0.29, 0.717) is 0 Å².